The molecule has 1 aromatic rings. The summed E-state index contributed by atoms with van der Waals surface area (Å²) < 4.78 is 0. The van der Waals surface area contributed by atoms with Crippen LogP contribution in [-0.4, -0.2) is 85.4 Å². The van der Waals surface area contributed by atoms with E-state index in [0.29, 0.717) is 23.1 Å². The third-order valence-corrected chi connectivity index (χ3v) is 5.91. The highest BCUT2D eigenvalue weighted by Crippen LogP contribution is 2.23. The first kappa shape index (κ1) is 21.2. The number of likely N-dealkylation sites (tertiary alicyclic amines) is 1. The summed E-state index contributed by atoms with van der Waals surface area (Å²) in [6, 6.07) is 8.85. The molecule has 0 aromatic heterocycles. The minimum atomic E-state index is -0.398. The van der Waals surface area contributed by atoms with Crippen molar-refractivity contribution in [2.24, 2.45) is 5.92 Å². The molecule has 2 heterocycles. The van der Waals surface area contributed by atoms with Crippen LogP contribution in [0.4, 0.5) is 0 Å². The Morgan fingerprint density at radius 2 is 1.79 bits per heavy atom. The Hall–Kier alpha value is -2.47. The summed E-state index contributed by atoms with van der Waals surface area (Å²) in [4.78, 5) is 31.5. The van der Waals surface area contributed by atoms with Crippen LogP contribution in [0.1, 0.15) is 29.3 Å². The van der Waals surface area contributed by atoms with Crippen LogP contribution in [0.3, 0.4) is 0 Å². The molecular weight excluding hydrogens is 368 g/mol. The molecule has 0 saturated carbocycles. The summed E-state index contributed by atoms with van der Waals surface area (Å²) in [6.07, 6.45) is 1.07. The molecule has 8 nitrogen and oxygen atoms in total. The predicted molar refractivity (Wildman–Crippen MR) is 110 cm³/mol. The van der Waals surface area contributed by atoms with Gasteiger partial charge >= 0.3 is 0 Å². The molecule has 2 fully saturated rings. The number of nitrogens with one attached hydrogen (secondary N) is 2. The molecule has 2 amide bonds. The average molecular weight is 399 g/mol. The van der Waals surface area contributed by atoms with Gasteiger partial charge in [0.05, 0.1) is 18.2 Å². The number of rotatable bonds is 4. The molecule has 0 aliphatic carbocycles. The zero-order chi connectivity index (χ0) is 20.8. The van der Waals surface area contributed by atoms with Crippen LogP contribution in [0.2, 0.25) is 0 Å². The lowest BCUT2D eigenvalue weighted by Gasteiger charge is -2.45. The molecule has 0 radical (unpaired) electrons. The molecule has 2 aliphatic heterocycles. The molecule has 29 heavy (non-hydrogen) atoms. The molecule has 2 saturated heterocycles. The lowest BCUT2D eigenvalue weighted by Crippen LogP contribution is -2.56. The van der Waals surface area contributed by atoms with Crippen molar-refractivity contribution in [3.8, 4) is 6.07 Å². The van der Waals surface area contributed by atoms with E-state index in [4.69, 9.17) is 5.26 Å². The highest BCUT2D eigenvalue weighted by molar-refractivity contribution is 5.95. The Bertz CT molecular complexity index is 751. The van der Waals surface area contributed by atoms with Crippen LogP contribution in [0, 0.1) is 17.2 Å². The molecular formula is C21H30N6O2. The number of amides is 2. The third kappa shape index (κ3) is 5.76. The summed E-state index contributed by atoms with van der Waals surface area (Å²) in [5.41, 5.74) is 5.81. The molecule has 2 N–H and O–H groups in total. The van der Waals surface area contributed by atoms with Crippen molar-refractivity contribution in [1.29, 1.82) is 5.26 Å². The number of nitriles is 1. The van der Waals surface area contributed by atoms with E-state index in [1.54, 1.807) is 24.3 Å². The maximum Gasteiger partial charge on any atom is 0.269 e. The molecule has 0 spiro atoms. The van der Waals surface area contributed by atoms with Gasteiger partial charge in [-0.05, 0) is 43.7 Å². The topological polar surface area (TPSA) is 91.7 Å². The van der Waals surface area contributed by atoms with E-state index in [2.05, 4.69) is 39.5 Å². The van der Waals surface area contributed by atoms with Gasteiger partial charge < -0.3 is 4.90 Å². The summed E-state index contributed by atoms with van der Waals surface area (Å²) >= 11 is 0. The second-order valence-corrected chi connectivity index (χ2v) is 8.10. The fourth-order valence-electron chi connectivity index (χ4n) is 4.20. The van der Waals surface area contributed by atoms with Gasteiger partial charge in [0, 0.05) is 50.9 Å². The maximum atomic E-state index is 12.2. The third-order valence-electron chi connectivity index (χ3n) is 5.91. The van der Waals surface area contributed by atoms with E-state index in [1.807, 2.05) is 6.07 Å². The van der Waals surface area contributed by atoms with Gasteiger partial charge in [0.25, 0.3) is 11.8 Å². The molecule has 1 aromatic carbocycles. The number of piperazine rings is 1. The second-order valence-electron chi connectivity index (χ2n) is 8.10. The van der Waals surface area contributed by atoms with Gasteiger partial charge in [0.1, 0.15) is 0 Å². The minimum absolute atomic E-state index is 0.225. The van der Waals surface area contributed by atoms with Gasteiger partial charge in [-0.1, -0.05) is 6.92 Å². The van der Waals surface area contributed by atoms with Crippen LogP contribution in [0.5, 0.6) is 0 Å². The number of hydrogen-bond acceptors (Lipinski definition) is 6. The minimum Gasteiger partial charge on any atom is -0.304 e. The standard InChI is InChI=1S/C21H30N6O2/c1-16-14-26(8-7-19(16)27-11-9-25(2)10-12-27)15-20(28)23-24-21(29)18-5-3-17(13-22)4-6-18/h3-6,16,19H,7-12,14-15H2,1-2H3,(H,23,28)(H,24,29). The molecule has 156 valence electrons. The second kappa shape index (κ2) is 9.83. The average Bonchev–Trinajstić information content (AvgIpc) is 2.73. The van der Waals surface area contributed by atoms with Gasteiger partial charge in [-0.25, -0.2) is 0 Å². The largest absolute Gasteiger partial charge is 0.304 e. The van der Waals surface area contributed by atoms with Crippen molar-refractivity contribution in [3.05, 3.63) is 35.4 Å². The van der Waals surface area contributed by atoms with Crippen molar-refractivity contribution in [1.82, 2.24) is 25.6 Å². The Balaban J connectivity index is 1.41. The van der Waals surface area contributed by atoms with E-state index in [0.717, 1.165) is 45.7 Å². The van der Waals surface area contributed by atoms with Gasteiger partial charge in [-0.15, -0.1) is 0 Å². The van der Waals surface area contributed by atoms with Gasteiger partial charge in [-0.2, -0.15) is 5.26 Å². The SMILES string of the molecule is CC1CN(CC(=O)NNC(=O)c2ccc(C#N)cc2)CCC1N1CCN(C)CC1. The lowest BCUT2D eigenvalue weighted by molar-refractivity contribution is -0.123. The van der Waals surface area contributed by atoms with Crippen LogP contribution < -0.4 is 10.9 Å². The number of carbonyl (C=O) groups excluding carboxylic acids is 2. The Labute approximate surface area is 172 Å². The number of hydrazine groups is 1. The molecule has 2 atom stereocenters. The van der Waals surface area contributed by atoms with Crippen LogP contribution in [-0.2, 0) is 4.79 Å². The Morgan fingerprint density at radius 3 is 2.41 bits per heavy atom. The predicted octanol–water partition coefficient (Wildman–Crippen LogP) is 0.277. The Kier molecular flexibility index (Phi) is 7.20. The molecule has 2 aliphatic rings. The van der Waals surface area contributed by atoms with E-state index in [-0.39, 0.29) is 12.5 Å². The van der Waals surface area contributed by atoms with Crippen LogP contribution in [0.25, 0.3) is 0 Å². The maximum absolute atomic E-state index is 12.2. The lowest BCUT2D eigenvalue weighted by atomic mass is 9.92. The summed E-state index contributed by atoms with van der Waals surface area (Å²) in [5.74, 6) is -0.115. The monoisotopic (exact) mass is 398 g/mol. The normalized spacial score (nSPS) is 23.9. The zero-order valence-corrected chi connectivity index (χ0v) is 17.2. The number of carbonyl (C=O) groups is 2. The first-order valence-corrected chi connectivity index (χ1v) is 10.2. The summed E-state index contributed by atoms with van der Waals surface area (Å²) in [7, 11) is 2.17. The van der Waals surface area contributed by atoms with Crippen molar-refractivity contribution in [2.75, 3.05) is 52.9 Å². The fourth-order valence-corrected chi connectivity index (χ4v) is 4.20. The quantitative estimate of drug-likeness (QED) is 0.708. The van der Waals surface area contributed by atoms with E-state index < -0.39 is 5.91 Å². The number of nitrogens with zero attached hydrogens (tertiary/aromatic N) is 4. The van der Waals surface area contributed by atoms with Crippen LogP contribution in [0.15, 0.2) is 24.3 Å². The van der Waals surface area contributed by atoms with Crippen molar-refractivity contribution in [3.63, 3.8) is 0 Å². The van der Waals surface area contributed by atoms with Crippen molar-refractivity contribution in [2.45, 2.75) is 19.4 Å². The highest BCUT2D eigenvalue weighted by atomic mass is 16.2. The number of likely N-dealkylation sites (N-methyl/N-ethyl adjacent to an activating group) is 1. The van der Waals surface area contributed by atoms with Gasteiger partial charge in [-0.3, -0.25) is 30.2 Å². The zero-order valence-electron chi connectivity index (χ0n) is 17.2. The smallest absolute Gasteiger partial charge is 0.269 e. The summed E-state index contributed by atoms with van der Waals surface area (Å²) in [6.45, 7) is 8.78. The molecule has 2 unspecified atom stereocenters. The first-order valence-electron chi connectivity index (χ1n) is 10.2. The van der Waals surface area contributed by atoms with Crippen LogP contribution >= 0.6 is 0 Å². The molecule has 3 rings (SSSR count). The Morgan fingerprint density at radius 1 is 1.10 bits per heavy atom. The number of benzene rings is 1. The van der Waals surface area contributed by atoms with Gasteiger partial charge in [0.2, 0.25) is 0 Å². The molecule has 0 bridgehead atoms. The number of hydrogen-bond donors (Lipinski definition) is 2. The van der Waals surface area contributed by atoms with E-state index in [1.165, 1.54) is 0 Å². The van der Waals surface area contributed by atoms with E-state index in [9.17, 15) is 9.59 Å². The van der Waals surface area contributed by atoms with Crippen molar-refractivity contribution >= 4 is 11.8 Å². The fraction of sp³-hybridized carbons (Fsp3) is 0.571. The van der Waals surface area contributed by atoms with E-state index >= 15 is 0 Å². The number of piperidine rings is 1. The van der Waals surface area contributed by atoms with Gasteiger partial charge in [0.15, 0.2) is 0 Å². The molecule has 8 heteroatoms. The first-order chi connectivity index (χ1) is 14.0. The highest BCUT2D eigenvalue weighted by Gasteiger charge is 2.32. The summed E-state index contributed by atoms with van der Waals surface area (Å²) in [5, 5.41) is 8.80. The van der Waals surface area contributed by atoms with Crippen molar-refractivity contribution < 1.29 is 9.59 Å².